The number of nitrogens with zero attached hydrogens (tertiary/aromatic N) is 8. The van der Waals surface area contributed by atoms with Gasteiger partial charge in [-0.25, -0.2) is 19.7 Å². The first-order valence-corrected chi connectivity index (χ1v) is 21.1. The number of likely N-dealkylation sites (N-methyl/N-ethyl adjacent to an activating group) is 2. The molecule has 320 valence electrons. The van der Waals surface area contributed by atoms with E-state index in [9.17, 15) is 14.4 Å². The molecule has 3 aliphatic rings. The van der Waals surface area contributed by atoms with E-state index < -0.39 is 0 Å². The van der Waals surface area contributed by atoms with Crippen LogP contribution in [-0.2, 0) is 20.7 Å². The van der Waals surface area contributed by atoms with E-state index in [2.05, 4.69) is 44.1 Å². The number of anilines is 1. The van der Waals surface area contributed by atoms with Crippen molar-refractivity contribution in [1.82, 2.24) is 34.5 Å². The number of nitrogens with one attached hydrogen (secondary N) is 1. The first-order chi connectivity index (χ1) is 29.6. The number of aliphatic imine (C=N–C) groups is 1. The number of halogens is 2. The van der Waals surface area contributed by atoms with Gasteiger partial charge >= 0.3 is 11.9 Å². The van der Waals surface area contributed by atoms with Gasteiger partial charge < -0.3 is 29.5 Å². The Morgan fingerprint density at radius 1 is 0.787 bits per heavy atom. The number of ether oxygens (including phenoxy) is 2. The summed E-state index contributed by atoms with van der Waals surface area (Å²) in [7, 11) is 4.30. The third-order valence-corrected chi connectivity index (χ3v) is 10.7. The summed E-state index contributed by atoms with van der Waals surface area (Å²) in [5.74, 6) is 0.399. The number of fused-ring (bicyclic) bond motifs is 6. The fourth-order valence-electron chi connectivity index (χ4n) is 6.92. The zero-order valence-corrected chi connectivity index (χ0v) is 36.5. The number of piperazine rings is 2. The number of carbonyl (C=O) groups is 3. The van der Waals surface area contributed by atoms with Gasteiger partial charge in [-0.05, 0) is 82.0 Å². The van der Waals surface area contributed by atoms with Gasteiger partial charge in [-0.1, -0.05) is 53.5 Å². The topological polar surface area (TPSA) is 147 Å². The number of carbonyl (C=O) groups excluding carboxylic acids is 3. The summed E-state index contributed by atoms with van der Waals surface area (Å²) in [6, 6.07) is 24.8. The third-order valence-electron chi connectivity index (χ3n) is 10.2. The van der Waals surface area contributed by atoms with Crippen LogP contribution >= 0.6 is 23.2 Å². The summed E-state index contributed by atoms with van der Waals surface area (Å²) in [5.41, 5.74) is 7.04. The molecule has 16 heteroatoms. The number of benzene rings is 2. The molecule has 0 saturated carbocycles. The van der Waals surface area contributed by atoms with Crippen LogP contribution in [0.15, 0.2) is 83.9 Å². The van der Waals surface area contributed by atoms with Gasteiger partial charge in [-0.3, -0.25) is 19.0 Å². The van der Waals surface area contributed by atoms with Crippen LogP contribution in [0.1, 0.15) is 46.5 Å². The molecule has 2 aromatic carbocycles. The second kappa shape index (κ2) is 21.8. The predicted molar refractivity (Wildman–Crippen MR) is 242 cm³/mol. The highest BCUT2D eigenvalue weighted by atomic mass is 35.5. The van der Waals surface area contributed by atoms with E-state index in [0.717, 1.165) is 85.0 Å². The van der Waals surface area contributed by atoms with E-state index >= 15 is 0 Å². The van der Waals surface area contributed by atoms with Crippen LogP contribution in [0.25, 0.3) is 27.7 Å². The van der Waals surface area contributed by atoms with E-state index in [0.29, 0.717) is 42.7 Å². The van der Waals surface area contributed by atoms with E-state index in [-0.39, 0.29) is 22.2 Å². The highest BCUT2D eigenvalue weighted by Gasteiger charge is 2.22. The standard InChI is InChI=1S/C22H23N5O2.C12H13NO2.C6H3Cl2NO.C5H12N2/c1-3-29-22(28)16-14-15-8-9-19(26-12-10-25(2)11-13-26)24-20(15)27-18-7-5-4-6-17(18)23-21(16)27;1-2-15-12(14)8-10-7-9-5-3-4-6-11(9)13-10;7-5-2-1-4(3-10)6(8)9-5;1-7-4-2-6-3-5-7/h4-9,14H,3,10-13H2,1-2H3;3-6H,2,7-8H2,1H3;1-3H;6H,2-5H2,1H3. The normalized spacial score (nSPS) is 15.0. The Morgan fingerprint density at radius 2 is 1.49 bits per heavy atom. The molecule has 14 nitrogen and oxygen atoms in total. The van der Waals surface area contributed by atoms with Crippen molar-refractivity contribution in [2.24, 2.45) is 4.99 Å². The number of esters is 2. The average Bonchev–Trinajstić information content (AvgIpc) is 3.86. The molecule has 0 atom stereocenters. The maximum Gasteiger partial charge on any atom is 0.341 e. The molecule has 0 amide bonds. The summed E-state index contributed by atoms with van der Waals surface area (Å²) in [5, 5.41) is 4.59. The monoisotopic (exact) mass is 867 g/mol. The number of hydrogen-bond acceptors (Lipinski definition) is 13. The molecule has 1 N–H and O–H groups in total. The van der Waals surface area contributed by atoms with Crippen molar-refractivity contribution < 1.29 is 23.9 Å². The number of rotatable bonds is 7. The fraction of sp³-hybridized carbons (Fsp3) is 0.356. The maximum atomic E-state index is 12.6. The van der Waals surface area contributed by atoms with Crippen molar-refractivity contribution in [3.63, 3.8) is 0 Å². The SMILES string of the molecule is CCOC(=O)CC1=Nc2ccccc2C1.CCOC(=O)c1cc2ccc(N3CCN(C)CC3)nc2n2c1nc1ccccc12.CN1CCNCC1.O=Cc1ccc(Cl)nc1Cl. The molecular formula is C45H51Cl2N9O5. The molecule has 0 bridgehead atoms. The van der Waals surface area contributed by atoms with Crippen molar-refractivity contribution in [2.75, 3.05) is 84.6 Å². The van der Waals surface area contributed by atoms with E-state index in [1.54, 1.807) is 0 Å². The second-order valence-electron chi connectivity index (χ2n) is 14.6. The van der Waals surface area contributed by atoms with Gasteiger partial charge in [-0.2, -0.15) is 0 Å². The molecular weight excluding hydrogens is 817 g/mol. The zero-order chi connectivity index (χ0) is 43.3. The van der Waals surface area contributed by atoms with Crippen LogP contribution in [0.2, 0.25) is 10.3 Å². The van der Waals surface area contributed by atoms with Crippen molar-refractivity contribution >= 4 is 86.4 Å². The summed E-state index contributed by atoms with van der Waals surface area (Å²) in [6.45, 7) is 13.0. The lowest BCUT2D eigenvalue weighted by atomic mass is 10.1. The van der Waals surface area contributed by atoms with Gasteiger partial charge in [0.1, 0.15) is 27.3 Å². The molecule has 61 heavy (non-hydrogen) atoms. The molecule has 0 unspecified atom stereocenters. The van der Waals surface area contributed by atoms with Gasteiger partial charge in [0.2, 0.25) is 0 Å². The second-order valence-corrected chi connectivity index (χ2v) is 15.3. The van der Waals surface area contributed by atoms with Gasteiger partial charge in [0.25, 0.3) is 0 Å². The first kappa shape index (κ1) is 45.0. The highest BCUT2D eigenvalue weighted by Crippen LogP contribution is 2.29. The molecule has 9 rings (SSSR count). The third kappa shape index (κ3) is 11.9. The Kier molecular flexibility index (Phi) is 16.1. The fourth-order valence-corrected chi connectivity index (χ4v) is 7.31. The Balaban J connectivity index is 0.000000161. The molecule has 4 aromatic heterocycles. The Morgan fingerprint density at radius 3 is 2.16 bits per heavy atom. The number of pyridine rings is 3. The molecule has 0 spiro atoms. The van der Waals surface area contributed by atoms with E-state index in [1.165, 1.54) is 30.8 Å². The van der Waals surface area contributed by atoms with Crippen molar-refractivity contribution in [3.8, 4) is 0 Å². The number of hydrogen-bond donors (Lipinski definition) is 1. The molecule has 7 heterocycles. The maximum absolute atomic E-state index is 12.6. The van der Waals surface area contributed by atoms with Crippen LogP contribution in [0.4, 0.5) is 11.5 Å². The number of aldehydes is 1. The van der Waals surface area contributed by atoms with Crippen LogP contribution in [0, 0.1) is 0 Å². The minimum atomic E-state index is -0.363. The van der Waals surface area contributed by atoms with Crippen LogP contribution < -0.4 is 10.2 Å². The molecule has 2 fully saturated rings. The molecule has 3 aliphatic heterocycles. The van der Waals surface area contributed by atoms with E-state index in [4.69, 9.17) is 42.6 Å². The number of imidazole rings is 1. The van der Waals surface area contributed by atoms with Gasteiger partial charge in [-0.15, -0.1) is 0 Å². The first-order valence-electron chi connectivity index (χ1n) is 20.4. The Bertz CT molecular complexity index is 2500. The van der Waals surface area contributed by atoms with Crippen LogP contribution in [0.3, 0.4) is 0 Å². The Hall–Kier alpha value is -5.51. The summed E-state index contributed by atoms with van der Waals surface area (Å²) in [4.78, 5) is 58.8. The quantitative estimate of drug-likeness (QED) is 0.101. The van der Waals surface area contributed by atoms with Gasteiger partial charge in [0.15, 0.2) is 11.9 Å². The van der Waals surface area contributed by atoms with Crippen molar-refractivity contribution in [2.45, 2.75) is 26.7 Å². The molecule has 2 saturated heterocycles. The van der Waals surface area contributed by atoms with Crippen LogP contribution in [-0.4, -0.2) is 133 Å². The highest BCUT2D eigenvalue weighted by molar-refractivity contribution is 6.33. The lowest BCUT2D eigenvalue weighted by Crippen LogP contribution is -2.44. The smallest absolute Gasteiger partial charge is 0.341 e. The lowest BCUT2D eigenvalue weighted by molar-refractivity contribution is -0.141. The summed E-state index contributed by atoms with van der Waals surface area (Å²) < 4.78 is 12.1. The molecule has 6 aromatic rings. The van der Waals surface area contributed by atoms with Crippen LogP contribution in [0.5, 0.6) is 0 Å². The van der Waals surface area contributed by atoms with Gasteiger partial charge in [0, 0.05) is 69.9 Å². The largest absolute Gasteiger partial charge is 0.466 e. The molecule has 0 radical (unpaired) electrons. The minimum absolute atomic E-state index is 0.141. The Labute approximate surface area is 365 Å². The zero-order valence-electron chi connectivity index (χ0n) is 34.9. The summed E-state index contributed by atoms with van der Waals surface area (Å²) in [6.07, 6.45) is 1.71. The minimum Gasteiger partial charge on any atom is -0.466 e. The predicted octanol–water partition coefficient (Wildman–Crippen LogP) is 6.95. The number of aromatic nitrogens is 4. The number of para-hydroxylation sites is 3. The summed E-state index contributed by atoms with van der Waals surface area (Å²) >= 11 is 11.0. The van der Waals surface area contributed by atoms with Crippen molar-refractivity contribution in [1.29, 1.82) is 0 Å². The van der Waals surface area contributed by atoms with Gasteiger partial charge in [0.05, 0.1) is 41.9 Å². The van der Waals surface area contributed by atoms with E-state index in [1.807, 2.05) is 85.0 Å². The lowest BCUT2D eigenvalue weighted by Gasteiger charge is -2.33. The molecule has 0 aliphatic carbocycles. The average molecular weight is 869 g/mol. The van der Waals surface area contributed by atoms with Crippen molar-refractivity contribution in [3.05, 3.63) is 106 Å².